The lowest BCUT2D eigenvalue weighted by Gasteiger charge is -2.26. The van der Waals surface area contributed by atoms with E-state index in [1.54, 1.807) is 0 Å². The van der Waals surface area contributed by atoms with Crippen LogP contribution < -0.4 is 26.2 Å². The molecule has 2 aromatic rings. The van der Waals surface area contributed by atoms with E-state index in [0.717, 1.165) is 31.6 Å². The summed E-state index contributed by atoms with van der Waals surface area (Å²) in [4.78, 5) is 25.9. The summed E-state index contributed by atoms with van der Waals surface area (Å²) in [6.45, 7) is 7.32. The van der Waals surface area contributed by atoms with Gasteiger partial charge in [-0.1, -0.05) is 31.9 Å². The quantitative estimate of drug-likeness (QED) is 0.421. The first-order valence-electron chi connectivity index (χ1n) is 10.9. The Hall–Kier alpha value is -2.34. The average Bonchev–Trinajstić information content (AvgIpc) is 2.75. The molecule has 6 heteroatoms. The van der Waals surface area contributed by atoms with Crippen molar-refractivity contribution in [2.45, 2.75) is 52.0 Å². The van der Waals surface area contributed by atoms with E-state index in [2.05, 4.69) is 34.6 Å². The number of nitrogens with one attached hydrogen (secondary N) is 2. The van der Waals surface area contributed by atoms with Crippen LogP contribution in [0.4, 0.5) is 11.4 Å². The zero-order valence-electron chi connectivity index (χ0n) is 17.5. The molecule has 0 amide bonds. The third kappa shape index (κ3) is 6.07. The molecule has 6 nitrogen and oxygen atoms in total. The van der Waals surface area contributed by atoms with Crippen LogP contribution in [0.1, 0.15) is 51.0 Å². The lowest BCUT2D eigenvalue weighted by Crippen LogP contribution is -2.37. The van der Waals surface area contributed by atoms with E-state index in [-0.39, 0.29) is 0 Å². The molecule has 0 aliphatic carbocycles. The number of nitrogens with zero attached hydrogens (tertiary/aromatic N) is 1. The number of likely N-dealkylation sites (tertiary alicyclic amines) is 1. The third-order valence-electron chi connectivity index (χ3n) is 5.39. The van der Waals surface area contributed by atoms with E-state index < -0.39 is 10.9 Å². The number of unbranched alkanes of at least 4 members (excludes halogenated alkanes) is 1. The van der Waals surface area contributed by atoms with Gasteiger partial charge in [0, 0.05) is 19.6 Å². The molecule has 0 spiro atoms. The number of benzene rings is 1. The van der Waals surface area contributed by atoms with Gasteiger partial charge in [-0.2, -0.15) is 0 Å². The van der Waals surface area contributed by atoms with Crippen molar-refractivity contribution >= 4 is 11.4 Å². The molecule has 0 aromatic heterocycles. The monoisotopic (exact) mass is 399 g/mol. The van der Waals surface area contributed by atoms with Crippen LogP contribution in [0.3, 0.4) is 0 Å². The zero-order chi connectivity index (χ0) is 20.5. The van der Waals surface area contributed by atoms with Crippen LogP contribution in [0, 0.1) is 0 Å². The van der Waals surface area contributed by atoms with E-state index in [0.29, 0.717) is 31.1 Å². The Labute approximate surface area is 173 Å². The number of ether oxygens (including phenoxy) is 1. The molecule has 2 N–H and O–H groups in total. The molecule has 1 aliphatic rings. The lowest BCUT2D eigenvalue weighted by molar-refractivity contribution is 0.220. The van der Waals surface area contributed by atoms with Crippen molar-refractivity contribution in [1.29, 1.82) is 0 Å². The molecule has 1 fully saturated rings. The topological polar surface area (TPSA) is 70.7 Å². The molecule has 0 atom stereocenters. The van der Waals surface area contributed by atoms with Gasteiger partial charge in [0.15, 0.2) is 0 Å². The Balaban J connectivity index is 1.39. The van der Waals surface area contributed by atoms with E-state index >= 15 is 0 Å². The van der Waals surface area contributed by atoms with E-state index in [1.165, 1.54) is 37.9 Å². The molecule has 29 heavy (non-hydrogen) atoms. The Morgan fingerprint density at radius 2 is 1.66 bits per heavy atom. The molecule has 0 radical (unpaired) electrons. The SMILES string of the molecule is CCCCNc1c(NCCCOc2cccc(CN3CCCCC3)c2)c(=O)c1=O. The van der Waals surface area contributed by atoms with Gasteiger partial charge in [-0.15, -0.1) is 0 Å². The summed E-state index contributed by atoms with van der Waals surface area (Å²) in [5.74, 6) is 0.885. The van der Waals surface area contributed by atoms with Crippen molar-refractivity contribution in [1.82, 2.24) is 4.90 Å². The Morgan fingerprint density at radius 1 is 0.966 bits per heavy atom. The van der Waals surface area contributed by atoms with Crippen LogP contribution in [0.5, 0.6) is 5.75 Å². The van der Waals surface area contributed by atoms with Crippen molar-refractivity contribution in [3.05, 3.63) is 50.3 Å². The summed E-state index contributed by atoms with van der Waals surface area (Å²) in [5, 5.41) is 6.16. The minimum atomic E-state index is -0.421. The van der Waals surface area contributed by atoms with Gasteiger partial charge in [0.2, 0.25) is 0 Å². The molecule has 1 aliphatic heterocycles. The van der Waals surface area contributed by atoms with Gasteiger partial charge in [-0.25, -0.2) is 0 Å². The second-order valence-electron chi connectivity index (χ2n) is 7.80. The normalized spacial score (nSPS) is 14.8. The molecule has 1 saturated heterocycles. The van der Waals surface area contributed by atoms with E-state index in [9.17, 15) is 9.59 Å². The van der Waals surface area contributed by atoms with Gasteiger partial charge in [0.05, 0.1) is 6.61 Å². The highest BCUT2D eigenvalue weighted by atomic mass is 16.5. The molecule has 158 valence electrons. The van der Waals surface area contributed by atoms with Crippen molar-refractivity contribution in [3.8, 4) is 5.75 Å². The van der Waals surface area contributed by atoms with Crippen molar-refractivity contribution in [3.63, 3.8) is 0 Å². The highest BCUT2D eigenvalue weighted by Gasteiger charge is 2.19. The van der Waals surface area contributed by atoms with Crippen LogP contribution in [-0.4, -0.2) is 37.7 Å². The second kappa shape index (κ2) is 11.0. The van der Waals surface area contributed by atoms with Crippen LogP contribution >= 0.6 is 0 Å². The van der Waals surface area contributed by atoms with Crippen molar-refractivity contribution in [2.24, 2.45) is 0 Å². The number of hydrogen-bond acceptors (Lipinski definition) is 6. The number of piperidine rings is 1. The zero-order valence-corrected chi connectivity index (χ0v) is 17.5. The molecule has 0 saturated carbocycles. The fourth-order valence-corrected chi connectivity index (χ4v) is 3.70. The smallest absolute Gasteiger partial charge is 0.253 e. The molecule has 0 bridgehead atoms. The number of anilines is 2. The molecule has 3 rings (SSSR count). The van der Waals surface area contributed by atoms with Gasteiger partial charge in [-0.05, 0) is 56.5 Å². The lowest BCUT2D eigenvalue weighted by atomic mass is 10.1. The van der Waals surface area contributed by atoms with Gasteiger partial charge in [-0.3, -0.25) is 14.5 Å². The first-order chi connectivity index (χ1) is 14.2. The average molecular weight is 400 g/mol. The van der Waals surface area contributed by atoms with Crippen molar-refractivity contribution < 1.29 is 4.74 Å². The summed E-state index contributed by atoms with van der Waals surface area (Å²) in [6.07, 6.45) is 6.71. The van der Waals surface area contributed by atoms with Crippen LogP contribution in [0.25, 0.3) is 0 Å². The summed E-state index contributed by atoms with van der Waals surface area (Å²) in [5.41, 5.74) is 1.32. The maximum Gasteiger partial charge on any atom is 0.253 e. The minimum Gasteiger partial charge on any atom is -0.494 e. The van der Waals surface area contributed by atoms with Gasteiger partial charge < -0.3 is 15.4 Å². The highest BCUT2D eigenvalue weighted by molar-refractivity contribution is 5.73. The maximum absolute atomic E-state index is 11.7. The number of rotatable bonds is 12. The Bertz CT molecular complexity index is 836. The molecule has 2 aromatic carbocycles. The van der Waals surface area contributed by atoms with Gasteiger partial charge in [0.1, 0.15) is 17.1 Å². The van der Waals surface area contributed by atoms with E-state index in [4.69, 9.17) is 4.74 Å². The predicted octanol–water partition coefficient (Wildman–Crippen LogP) is 3.36. The molecule has 1 heterocycles. The van der Waals surface area contributed by atoms with Crippen LogP contribution in [-0.2, 0) is 6.54 Å². The largest absolute Gasteiger partial charge is 0.494 e. The Kier molecular flexibility index (Phi) is 8.11. The number of hydrogen-bond donors (Lipinski definition) is 2. The molecular weight excluding hydrogens is 366 g/mol. The molecular formula is C23H33N3O3. The van der Waals surface area contributed by atoms with Gasteiger partial charge in [0.25, 0.3) is 10.9 Å². The fourth-order valence-electron chi connectivity index (χ4n) is 3.70. The summed E-state index contributed by atoms with van der Waals surface area (Å²) in [7, 11) is 0. The summed E-state index contributed by atoms with van der Waals surface area (Å²) >= 11 is 0. The summed E-state index contributed by atoms with van der Waals surface area (Å²) < 4.78 is 5.88. The molecule has 0 unspecified atom stereocenters. The fraction of sp³-hybridized carbons (Fsp3) is 0.565. The van der Waals surface area contributed by atoms with Crippen molar-refractivity contribution in [2.75, 3.05) is 43.4 Å². The first kappa shape index (κ1) is 21.4. The van der Waals surface area contributed by atoms with Crippen LogP contribution in [0.2, 0.25) is 0 Å². The third-order valence-corrected chi connectivity index (χ3v) is 5.39. The predicted molar refractivity (Wildman–Crippen MR) is 119 cm³/mol. The maximum atomic E-state index is 11.7. The Morgan fingerprint density at radius 3 is 2.34 bits per heavy atom. The second-order valence-corrected chi connectivity index (χ2v) is 7.80. The highest BCUT2D eigenvalue weighted by Crippen LogP contribution is 2.18. The van der Waals surface area contributed by atoms with Gasteiger partial charge >= 0.3 is 0 Å². The summed E-state index contributed by atoms with van der Waals surface area (Å²) in [6, 6.07) is 8.31. The standard InChI is InChI=1S/C23H33N3O3/c1-2-3-11-24-20-21(23(28)22(20)27)25-12-8-15-29-19-10-7-9-18(16-19)17-26-13-5-4-6-14-26/h7,9-10,16,24-25H,2-6,8,11-15,17H2,1H3. The first-order valence-corrected chi connectivity index (χ1v) is 10.9. The van der Waals surface area contributed by atoms with E-state index in [1.807, 2.05) is 12.1 Å². The minimum absolute atomic E-state index is 0.412. The van der Waals surface area contributed by atoms with Crippen LogP contribution in [0.15, 0.2) is 33.9 Å².